The van der Waals surface area contributed by atoms with E-state index < -0.39 is 0 Å². The van der Waals surface area contributed by atoms with Crippen LogP contribution in [0.25, 0.3) is 0 Å². The van der Waals surface area contributed by atoms with E-state index in [1.54, 1.807) is 11.3 Å². The molecular formula is C9H11NOS. The van der Waals surface area contributed by atoms with Crippen molar-refractivity contribution in [1.82, 2.24) is 5.32 Å². The molecule has 0 fully saturated rings. The predicted molar refractivity (Wildman–Crippen MR) is 49.7 cm³/mol. The van der Waals surface area contributed by atoms with Gasteiger partial charge in [-0.05, 0) is 35.9 Å². The van der Waals surface area contributed by atoms with E-state index >= 15 is 0 Å². The van der Waals surface area contributed by atoms with E-state index in [4.69, 9.17) is 0 Å². The van der Waals surface area contributed by atoms with Gasteiger partial charge in [-0.1, -0.05) is 0 Å². The highest BCUT2D eigenvalue weighted by Gasteiger charge is 2.12. The molecule has 2 heterocycles. The predicted octanol–water partition coefficient (Wildman–Crippen LogP) is 1.60. The standard InChI is InChI=1S/C9H11NOS/c11-5-9-8-4-10-3-1-2-7(8)6-12-9/h5-6,10H,1-4H2. The lowest BCUT2D eigenvalue weighted by Crippen LogP contribution is -2.12. The lowest BCUT2D eigenvalue weighted by molar-refractivity contribution is 0.112. The molecule has 1 aliphatic heterocycles. The Morgan fingerprint density at radius 2 is 2.50 bits per heavy atom. The molecule has 0 bridgehead atoms. The van der Waals surface area contributed by atoms with Gasteiger partial charge < -0.3 is 5.32 Å². The zero-order chi connectivity index (χ0) is 8.39. The van der Waals surface area contributed by atoms with Gasteiger partial charge in [0.05, 0.1) is 4.88 Å². The highest BCUT2D eigenvalue weighted by molar-refractivity contribution is 7.12. The molecule has 0 aromatic carbocycles. The van der Waals surface area contributed by atoms with E-state index in [2.05, 4.69) is 10.7 Å². The van der Waals surface area contributed by atoms with Crippen molar-refractivity contribution < 1.29 is 4.79 Å². The number of aldehydes is 1. The SMILES string of the molecule is O=Cc1scc2c1CNCCC2. The van der Waals surface area contributed by atoms with Crippen LogP contribution in [-0.2, 0) is 13.0 Å². The molecule has 0 saturated carbocycles. The smallest absolute Gasteiger partial charge is 0.160 e. The van der Waals surface area contributed by atoms with E-state index in [-0.39, 0.29) is 0 Å². The second kappa shape index (κ2) is 3.37. The normalized spacial score (nSPS) is 16.7. The summed E-state index contributed by atoms with van der Waals surface area (Å²) in [5.74, 6) is 0. The number of thiophene rings is 1. The number of rotatable bonds is 1. The van der Waals surface area contributed by atoms with Crippen LogP contribution in [0.1, 0.15) is 27.2 Å². The van der Waals surface area contributed by atoms with Gasteiger partial charge in [-0.15, -0.1) is 11.3 Å². The van der Waals surface area contributed by atoms with Crippen LogP contribution in [-0.4, -0.2) is 12.8 Å². The second-order valence-electron chi connectivity index (χ2n) is 3.00. The Bertz CT molecular complexity index is 293. The summed E-state index contributed by atoms with van der Waals surface area (Å²) in [6.07, 6.45) is 3.27. The Labute approximate surface area is 75.6 Å². The van der Waals surface area contributed by atoms with Crippen LogP contribution in [0.3, 0.4) is 0 Å². The molecule has 0 amide bonds. The quantitative estimate of drug-likeness (QED) is 0.667. The van der Waals surface area contributed by atoms with Crippen LogP contribution >= 0.6 is 11.3 Å². The van der Waals surface area contributed by atoms with E-state index in [1.807, 2.05) is 0 Å². The van der Waals surface area contributed by atoms with Crippen molar-refractivity contribution >= 4 is 17.6 Å². The lowest BCUT2D eigenvalue weighted by Gasteiger charge is -1.98. The van der Waals surface area contributed by atoms with Crippen LogP contribution in [0.4, 0.5) is 0 Å². The van der Waals surface area contributed by atoms with Gasteiger partial charge in [-0.3, -0.25) is 4.79 Å². The molecule has 2 nitrogen and oxygen atoms in total. The molecule has 1 N–H and O–H groups in total. The van der Waals surface area contributed by atoms with Gasteiger partial charge >= 0.3 is 0 Å². The van der Waals surface area contributed by atoms with Crippen molar-refractivity contribution in [1.29, 1.82) is 0 Å². The summed E-state index contributed by atoms with van der Waals surface area (Å²) >= 11 is 1.57. The summed E-state index contributed by atoms with van der Waals surface area (Å²) in [5.41, 5.74) is 2.60. The van der Waals surface area contributed by atoms with Gasteiger partial charge in [0.15, 0.2) is 6.29 Å². The Morgan fingerprint density at radius 1 is 1.58 bits per heavy atom. The molecule has 0 atom stereocenters. The third kappa shape index (κ3) is 1.30. The fourth-order valence-electron chi connectivity index (χ4n) is 1.56. The number of hydrogen-bond donors (Lipinski definition) is 1. The van der Waals surface area contributed by atoms with Crippen molar-refractivity contribution in [3.63, 3.8) is 0 Å². The molecule has 1 aromatic heterocycles. The molecule has 0 aliphatic carbocycles. The summed E-state index contributed by atoms with van der Waals surface area (Å²) in [5, 5.41) is 5.43. The summed E-state index contributed by atoms with van der Waals surface area (Å²) in [6.45, 7) is 1.94. The van der Waals surface area contributed by atoms with Gasteiger partial charge in [0.1, 0.15) is 0 Å². The topological polar surface area (TPSA) is 29.1 Å². The zero-order valence-corrected chi connectivity index (χ0v) is 7.62. The van der Waals surface area contributed by atoms with Crippen molar-refractivity contribution in [3.8, 4) is 0 Å². The average Bonchev–Trinajstić information content (AvgIpc) is 2.33. The first kappa shape index (κ1) is 7.95. The highest BCUT2D eigenvalue weighted by atomic mass is 32.1. The van der Waals surface area contributed by atoms with Gasteiger partial charge in [0.25, 0.3) is 0 Å². The van der Waals surface area contributed by atoms with E-state index in [1.165, 1.54) is 17.5 Å². The maximum atomic E-state index is 10.6. The fourth-order valence-corrected chi connectivity index (χ4v) is 2.49. The summed E-state index contributed by atoms with van der Waals surface area (Å²) in [7, 11) is 0. The van der Waals surface area contributed by atoms with Crippen molar-refractivity contribution in [2.45, 2.75) is 19.4 Å². The monoisotopic (exact) mass is 181 g/mol. The van der Waals surface area contributed by atoms with Crippen LogP contribution in [0.5, 0.6) is 0 Å². The molecule has 0 spiro atoms. The Balaban J connectivity index is 2.38. The minimum Gasteiger partial charge on any atom is -0.313 e. The number of carbonyl (C=O) groups excluding carboxylic acids is 1. The molecule has 0 saturated heterocycles. The first-order valence-corrected chi connectivity index (χ1v) is 5.05. The molecule has 3 heteroatoms. The largest absolute Gasteiger partial charge is 0.313 e. The van der Waals surface area contributed by atoms with Gasteiger partial charge in [-0.25, -0.2) is 0 Å². The zero-order valence-electron chi connectivity index (χ0n) is 6.80. The lowest BCUT2D eigenvalue weighted by atomic mass is 10.1. The minimum absolute atomic E-state index is 0.868. The maximum absolute atomic E-state index is 10.6. The van der Waals surface area contributed by atoms with Crippen LogP contribution in [0.2, 0.25) is 0 Å². The first-order valence-electron chi connectivity index (χ1n) is 4.17. The Morgan fingerprint density at radius 3 is 3.33 bits per heavy atom. The molecule has 2 rings (SSSR count). The Kier molecular flexibility index (Phi) is 2.23. The number of nitrogens with one attached hydrogen (secondary N) is 1. The minimum atomic E-state index is 0.868. The molecule has 64 valence electrons. The molecule has 0 radical (unpaired) electrons. The molecular weight excluding hydrogens is 170 g/mol. The van der Waals surface area contributed by atoms with E-state index in [0.29, 0.717) is 0 Å². The van der Waals surface area contributed by atoms with E-state index in [9.17, 15) is 4.79 Å². The van der Waals surface area contributed by atoms with E-state index in [0.717, 1.165) is 30.7 Å². The highest BCUT2D eigenvalue weighted by Crippen LogP contribution is 2.23. The number of carbonyl (C=O) groups is 1. The third-order valence-corrected chi connectivity index (χ3v) is 3.22. The summed E-state index contributed by atoms with van der Waals surface area (Å²) in [6, 6.07) is 0. The molecule has 1 aliphatic rings. The third-order valence-electron chi connectivity index (χ3n) is 2.22. The fraction of sp³-hybridized carbons (Fsp3) is 0.444. The van der Waals surface area contributed by atoms with Crippen molar-refractivity contribution in [2.24, 2.45) is 0 Å². The summed E-state index contributed by atoms with van der Waals surface area (Å²) in [4.78, 5) is 11.5. The Hall–Kier alpha value is -0.670. The number of aryl methyl sites for hydroxylation is 1. The van der Waals surface area contributed by atoms with Gasteiger partial charge in [0, 0.05) is 6.54 Å². The van der Waals surface area contributed by atoms with Gasteiger partial charge in [-0.2, -0.15) is 0 Å². The van der Waals surface area contributed by atoms with Crippen LogP contribution in [0, 0.1) is 0 Å². The van der Waals surface area contributed by atoms with Gasteiger partial charge in [0.2, 0.25) is 0 Å². The average molecular weight is 181 g/mol. The second-order valence-corrected chi connectivity index (χ2v) is 3.91. The molecule has 12 heavy (non-hydrogen) atoms. The maximum Gasteiger partial charge on any atom is 0.160 e. The summed E-state index contributed by atoms with van der Waals surface area (Å²) < 4.78 is 0. The van der Waals surface area contributed by atoms with Crippen molar-refractivity contribution in [3.05, 3.63) is 21.4 Å². The number of fused-ring (bicyclic) bond motifs is 1. The van der Waals surface area contributed by atoms with Crippen molar-refractivity contribution in [2.75, 3.05) is 6.54 Å². The number of hydrogen-bond acceptors (Lipinski definition) is 3. The van der Waals surface area contributed by atoms with Crippen LogP contribution < -0.4 is 5.32 Å². The molecule has 0 unspecified atom stereocenters. The first-order chi connectivity index (χ1) is 5.92. The molecule has 1 aromatic rings. The van der Waals surface area contributed by atoms with Crippen LogP contribution in [0.15, 0.2) is 5.38 Å².